The van der Waals surface area contributed by atoms with Gasteiger partial charge in [-0.05, 0) is 48.4 Å². The number of hydrogen-bond acceptors (Lipinski definition) is 5. The van der Waals surface area contributed by atoms with Gasteiger partial charge in [0.05, 0.1) is 12.8 Å². The third kappa shape index (κ3) is 5.00. The number of carbonyl (C=O) groups is 1. The molecule has 8 heteroatoms. The molecule has 0 atom stereocenters. The normalized spacial score (nSPS) is 10.4. The SMILES string of the molecule is COc1ccc(CCNc2ccc(C(=O)Nc3ccc(F)cc3F)nn2)cc1. The van der Waals surface area contributed by atoms with Crippen LogP contribution < -0.4 is 15.4 Å². The fourth-order valence-electron chi connectivity index (χ4n) is 2.45. The highest BCUT2D eigenvalue weighted by atomic mass is 19.1. The first-order valence-electron chi connectivity index (χ1n) is 8.52. The minimum absolute atomic E-state index is 0.0180. The smallest absolute Gasteiger partial charge is 0.276 e. The van der Waals surface area contributed by atoms with Crippen molar-refractivity contribution in [3.63, 3.8) is 0 Å². The molecule has 0 aliphatic rings. The Morgan fingerprint density at radius 3 is 2.46 bits per heavy atom. The van der Waals surface area contributed by atoms with Crippen LogP contribution in [-0.4, -0.2) is 29.8 Å². The van der Waals surface area contributed by atoms with Crippen molar-refractivity contribution in [2.75, 3.05) is 24.3 Å². The minimum atomic E-state index is -0.863. The van der Waals surface area contributed by atoms with Crippen molar-refractivity contribution in [2.24, 2.45) is 0 Å². The maximum atomic E-state index is 13.6. The molecule has 3 aromatic rings. The molecule has 0 radical (unpaired) electrons. The van der Waals surface area contributed by atoms with Crippen LogP contribution in [-0.2, 0) is 6.42 Å². The number of nitrogens with zero attached hydrogens (tertiary/aromatic N) is 2. The molecular weight excluding hydrogens is 366 g/mol. The van der Waals surface area contributed by atoms with Crippen molar-refractivity contribution in [1.82, 2.24) is 10.2 Å². The van der Waals surface area contributed by atoms with Gasteiger partial charge in [-0.15, -0.1) is 10.2 Å². The fraction of sp³-hybridized carbons (Fsp3) is 0.150. The van der Waals surface area contributed by atoms with Crippen LogP contribution in [0.3, 0.4) is 0 Å². The highest BCUT2D eigenvalue weighted by molar-refractivity contribution is 6.02. The van der Waals surface area contributed by atoms with E-state index in [4.69, 9.17) is 4.74 Å². The van der Waals surface area contributed by atoms with E-state index in [1.165, 1.54) is 6.07 Å². The Morgan fingerprint density at radius 2 is 1.82 bits per heavy atom. The molecule has 0 fully saturated rings. The molecule has 0 spiro atoms. The monoisotopic (exact) mass is 384 g/mol. The number of amides is 1. The quantitative estimate of drug-likeness (QED) is 0.650. The summed E-state index contributed by atoms with van der Waals surface area (Å²) in [5, 5.41) is 13.2. The zero-order valence-corrected chi connectivity index (χ0v) is 15.1. The molecule has 144 valence electrons. The molecule has 1 heterocycles. The lowest BCUT2D eigenvalue weighted by Crippen LogP contribution is -2.16. The second kappa shape index (κ2) is 8.90. The Hall–Kier alpha value is -3.55. The summed E-state index contributed by atoms with van der Waals surface area (Å²) < 4.78 is 31.6. The molecule has 1 aromatic heterocycles. The van der Waals surface area contributed by atoms with Gasteiger partial charge in [-0.25, -0.2) is 8.78 Å². The van der Waals surface area contributed by atoms with Crippen molar-refractivity contribution in [3.8, 4) is 5.75 Å². The number of carbonyl (C=O) groups excluding carboxylic acids is 1. The van der Waals surface area contributed by atoms with Gasteiger partial charge in [-0.2, -0.15) is 0 Å². The Balaban J connectivity index is 1.53. The number of ether oxygens (including phenoxy) is 1. The van der Waals surface area contributed by atoms with E-state index in [0.717, 1.165) is 29.9 Å². The van der Waals surface area contributed by atoms with Crippen LogP contribution in [0.15, 0.2) is 54.6 Å². The molecule has 2 N–H and O–H groups in total. The predicted molar refractivity (Wildman–Crippen MR) is 102 cm³/mol. The standard InChI is InChI=1S/C20H18F2N4O2/c1-28-15-5-2-13(3-6-15)10-11-23-19-9-8-18(25-26-19)20(27)24-17-7-4-14(21)12-16(17)22/h2-9,12H,10-11H2,1H3,(H,23,26)(H,24,27). The van der Waals surface area contributed by atoms with E-state index < -0.39 is 17.5 Å². The van der Waals surface area contributed by atoms with Crippen LogP contribution in [0.5, 0.6) is 5.75 Å². The van der Waals surface area contributed by atoms with Gasteiger partial charge in [0.25, 0.3) is 5.91 Å². The number of rotatable bonds is 7. The Labute approximate surface area is 160 Å². The summed E-state index contributed by atoms with van der Waals surface area (Å²) in [5.74, 6) is -0.906. The summed E-state index contributed by atoms with van der Waals surface area (Å²) in [6, 6.07) is 13.7. The lowest BCUT2D eigenvalue weighted by molar-refractivity contribution is 0.102. The number of nitrogens with one attached hydrogen (secondary N) is 2. The van der Waals surface area contributed by atoms with Gasteiger partial charge >= 0.3 is 0 Å². The van der Waals surface area contributed by atoms with E-state index in [0.29, 0.717) is 18.4 Å². The summed E-state index contributed by atoms with van der Waals surface area (Å²) in [4.78, 5) is 12.1. The maximum Gasteiger partial charge on any atom is 0.276 e. The van der Waals surface area contributed by atoms with Crippen LogP contribution in [0.2, 0.25) is 0 Å². The third-order valence-corrected chi connectivity index (χ3v) is 3.96. The van der Waals surface area contributed by atoms with E-state index in [1.54, 1.807) is 13.2 Å². The lowest BCUT2D eigenvalue weighted by Gasteiger charge is -2.08. The van der Waals surface area contributed by atoms with Crippen LogP contribution in [0.25, 0.3) is 0 Å². The first-order valence-corrected chi connectivity index (χ1v) is 8.52. The first kappa shape index (κ1) is 19.2. The third-order valence-electron chi connectivity index (χ3n) is 3.96. The van der Waals surface area contributed by atoms with Crippen molar-refractivity contribution in [2.45, 2.75) is 6.42 Å². The topological polar surface area (TPSA) is 76.1 Å². The minimum Gasteiger partial charge on any atom is -0.497 e. The summed E-state index contributed by atoms with van der Waals surface area (Å²) in [6.45, 7) is 0.632. The van der Waals surface area contributed by atoms with E-state index >= 15 is 0 Å². The van der Waals surface area contributed by atoms with E-state index in [2.05, 4.69) is 20.8 Å². The molecule has 0 unspecified atom stereocenters. The van der Waals surface area contributed by atoms with Crippen LogP contribution >= 0.6 is 0 Å². The molecule has 0 saturated heterocycles. The molecule has 0 aliphatic heterocycles. The number of halogens is 2. The van der Waals surface area contributed by atoms with Crippen LogP contribution in [0.1, 0.15) is 16.1 Å². The second-order valence-electron chi connectivity index (χ2n) is 5.91. The predicted octanol–water partition coefficient (Wildman–Crippen LogP) is 3.67. The molecule has 3 rings (SSSR count). The Kier molecular flexibility index (Phi) is 6.11. The van der Waals surface area contributed by atoms with Crippen molar-refractivity contribution in [3.05, 3.63) is 77.5 Å². The number of anilines is 2. The van der Waals surface area contributed by atoms with Gasteiger partial charge in [0.1, 0.15) is 23.2 Å². The molecule has 28 heavy (non-hydrogen) atoms. The molecule has 1 amide bonds. The number of benzene rings is 2. The van der Waals surface area contributed by atoms with Crippen molar-refractivity contribution in [1.29, 1.82) is 0 Å². The largest absolute Gasteiger partial charge is 0.497 e. The van der Waals surface area contributed by atoms with Gasteiger partial charge in [0, 0.05) is 12.6 Å². The highest BCUT2D eigenvalue weighted by Gasteiger charge is 2.12. The van der Waals surface area contributed by atoms with Gasteiger partial charge in [0.2, 0.25) is 0 Å². The number of methoxy groups -OCH3 is 1. The second-order valence-corrected chi connectivity index (χ2v) is 5.91. The summed E-state index contributed by atoms with van der Waals surface area (Å²) in [5.41, 5.74) is 1.03. The Bertz CT molecular complexity index is 947. The zero-order chi connectivity index (χ0) is 19.9. The molecule has 0 bridgehead atoms. The lowest BCUT2D eigenvalue weighted by atomic mass is 10.1. The first-order chi connectivity index (χ1) is 13.5. The summed E-state index contributed by atoms with van der Waals surface area (Å²) in [6.07, 6.45) is 0.776. The van der Waals surface area contributed by atoms with Gasteiger partial charge < -0.3 is 15.4 Å². The summed E-state index contributed by atoms with van der Waals surface area (Å²) in [7, 11) is 1.62. The molecular formula is C20H18F2N4O2. The molecule has 2 aromatic carbocycles. The van der Waals surface area contributed by atoms with Crippen molar-refractivity contribution < 1.29 is 18.3 Å². The molecule has 0 aliphatic carbocycles. The van der Waals surface area contributed by atoms with E-state index in [9.17, 15) is 13.6 Å². The zero-order valence-electron chi connectivity index (χ0n) is 15.1. The van der Waals surface area contributed by atoms with Crippen LogP contribution in [0.4, 0.5) is 20.3 Å². The van der Waals surface area contributed by atoms with Crippen molar-refractivity contribution >= 4 is 17.4 Å². The Morgan fingerprint density at radius 1 is 1.04 bits per heavy atom. The molecule has 0 saturated carbocycles. The average molecular weight is 384 g/mol. The van der Waals surface area contributed by atoms with Gasteiger partial charge in [-0.3, -0.25) is 4.79 Å². The van der Waals surface area contributed by atoms with E-state index in [-0.39, 0.29) is 11.4 Å². The molecule has 6 nitrogen and oxygen atoms in total. The van der Waals surface area contributed by atoms with Crippen LogP contribution in [0, 0.1) is 11.6 Å². The van der Waals surface area contributed by atoms with Gasteiger partial charge in [-0.1, -0.05) is 12.1 Å². The van der Waals surface area contributed by atoms with E-state index in [1.807, 2.05) is 24.3 Å². The number of aromatic nitrogens is 2. The highest BCUT2D eigenvalue weighted by Crippen LogP contribution is 2.16. The summed E-state index contributed by atoms with van der Waals surface area (Å²) >= 11 is 0. The number of hydrogen-bond donors (Lipinski definition) is 2. The van der Waals surface area contributed by atoms with Gasteiger partial charge in [0.15, 0.2) is 5.69 Å². The fourth-order valence-corrected chi connectivity index (χ4v) is 2.45. The average Bonchev–Trinajstić information content (AvgIpc) is 2.71. The maximum absolute atomic E-state index is 13.6.